The molecule has 0 spiro atoms. The number of Topliss-reactive ketones (excluding diaryl/α,β-unsaturated/α-hetero) is 1. The van der Waals surface area contributed by atoms with Crippen molar-refractivity contribution in [3.05, 3.63) is 70.5 Å². The molecule has 1 fully saturated rings. The van der Waals surface area contributed by atoms with Gasteiger partial charge in [0, 0.05) is 62.5 Å². The van der Waals surface area contributed by atoms with Gasteiger partial charge in [0.05, 0.1) is 0 Å². The lowest BCUT2D eigenvalue weighted by Crippen LogP contribution is -2.43. The maximum atomic E-state index is 13.4. The molecule has 1 aliphatic rings. The summed E-state index contributed by atoms with van der Waals surface area (Å²) in [4.78, 5) is 29.8. The van der Waals surface area contributed by atoms with E-state index < -0.39 is 0 Å². The molecule has 0 radical (unpaired) electrons. The molecule has 1 amide bonds. The highest BCUT2D eigenvalue weighted by molar-refractivity contribution is 6.05. The van der Waals surface area contributed by atoms with Crippen LogP contribution < -0.4 is 5.32 Å². The highest BCUT2D eigenvalue weighted by atomic mass is 16.5. The first-order valence-electron chi connectivity index (χ1n) is 12.4. The molecular weight excluding hydrogens is 452 g/mol. The van der Waals surface area contributed by atoms with E-state index in [9.17, 15) is 9.59 Å². The monoisotopic (exact) mass is 488 g/mol. The summed E-state index contributed by atoms with van der Waals surface area (Å²) >= 11 is 0. The zero-order valence-electron chi connectivity index (χ0n) is 22.1. The van der Waals surface area contributed by atoms with Crippen LogP contribution in [0.3, 0.4) is 0 Å². The summed E-state index contributed by atoms with van der Waals surface area (Å²) in [6.45, 7) is 14.9. The molecule has 0 bridgehead atoms. The molecule has 2 aromatic carbocycles. The molecule has 0 saturated carbocycles. The summed E-state index contributed by atoms with van der Waals surface area (Å²) in [6.07, 6.45) is 0. The van der Waals surface area contributed by atoms with Gasteiger partial charge in [-0.2, -0.15) is 0 Å². The van der Waals surface area contributed by atoms with Crippen molar-refractivity contribution in [1.82, 2.24) is 15.0 Å². The molecule has 36 heavy (non-hydrogen) atoms. The van der Waals surface area contributed by atoms with Gasteiger partial charge in [-0.3, -0.25) is 14.5 Å². The van der Waals surface area contributed by atoms with E-state index >= 15 is 0 Å². The lowest BCUT2D eigenvalue weighted by Gasteiger charge is -2.32. The summed E-state index contributed by atoms with van der Waals surface area (Å²) < 4.78 is 5.16. The van der Waals surface area contributed by atoms with Crippen molar-refractivity contribution in [2.24, 2.45) is 0 Å². The molecule has 0 aliphatic carbocycles. The number of nitrogens with zero attached hydrogens (tertiary/aromatic N) is 3. The minimum atomic E-state index is -0.179. The number of benzene rings is 2. The zero-order valence-corrected chi connectivity index (χ0v) is 22.1. The molecular formula is C29H36N4O3. The first-order chi connectivity index (χ1) is 17.0. The number of rotatable bonds is 6. The number of hydrogen-bond acceptors (Lipinski definition) is 6. The quantitative estimate of drug-likeness (QED) is 0.484. The van der Waals surface area contributed by atoms with Crippen molar-refractivity contribution in [3.8, 4) is 11.3 Å². The van der Waals surface area contributed by atoms with Gasteiger partial charge in [0.25, 0.3) is 5.91 Å². The number of ketones is 1. The lowest BCUT2D eigenvalue weighted by atomic mass is 9.85. The van der Waals surface area contributed by atoms with E-state index in [1.165, 1.54) is 6.92 Å². The number of aryl methyl sites for hydroxylation is 1. The Balaban J connectivity index is 1.58. The van der Waals surface area contributed by atoms with Crippen LogP contribution >= 0.6 is 0 Å². The van der Waals surface area contributed by atoms with Gasteiger partial charge in [-0.25, -0.2) is 0 Å². The number of carbonyl (C=O) groups is 2. The molecule has 190 valence electrons. The van der Waals surface area contributed by atoms with E-state index in [4.69, 9.17) is 4.52 Å². The second-order valence-electron chi connectivity index (χ2n) is 10.9. The number of nitrogens with one attached hydrogen (secondary N) is 1. The Bertz CT molecular complexity index is 1260. The molecule has 1 saturated heterocycles. The molecule has 0 unspecified atom stereocenters. The molecule has 2 heterocycles. The fraction of sp³-hybridized carbons (Fsp3) is 0.414. The summed E-state index contributed by atoms with van der Waals surface area (Å²) in [6, 6.07) is 13.5. The van der Waals surface area contributed by atoms with Crippen LogP contribution in [0.4, 0.5) is 5.69 Å². The van der Waals surface area contributed by atoms with E-state index in [2.05, 4.69) is 54.2 Å². The number of carbonyl (C=O) groups excluding carboxylic acids is 2. The Labute approximate surface area is 213 Å². The minimum Gasteiger partial charge on any atom is -0.353 e. The van der Waals surface area contributed by atoms with E-state index in [1.807, 2.05) is 37.3 Å². The molecule has 1 N–H and O–H groups in total. The standard InChI is InChI=1S/C29H36N4O3/c1-19-7-8-24(16-25(19)26-17-27(20(2)34)36-31-26)30-28(35)22-13-21(14-23(15-22)29(3,4)5)18-33-11-9-32(6)10-12-33/h7-8,13-17H,9-12,18H2,1-6H3,(H,30,35). The fourth-order valence-electron chi connectivity index (χ4n) is 4.36. The van der Waals surface area contributed by atoms with Crippen LogP contribution in [0.25, 0.3) is 11.3 Å². The van der Waals surface area contributed by atoms with E-state index in [-0.39, 0.29) is 22.9 Å². The van der Waals surface area contributed by atoms with Crippen LogP contribution in [-0.2, 0) is 12.0 Å². The van der Waals surface area contributed by atoms with E-state index in [1.54, 1.807) is 6.07 Å². The Morgan fingerprint density at radius 1 is 1.03 bits per heavy atom. The van der Waals surface area contributed by atoms with Crippen LogP contribution in [0.1, 0.15) is 65.3 Å². The van der Waals surface area contributed by atoms with Crippen molar-refractivity contribution in [1.29, 1.82) is 0 Å². The normalized spacial score (nSPS) is 15.2. The number of amides is 1. The lowest BCUT2D eigenvalue weighted by molar-refractivity contribution is 0.0977. The smallest absolute Gasteiger partial charge is 0.255 e. The van der Waals surface area contributed by atoms with E-state index in [0.29, 0.717) is 16.9 Å². The Kier molecular flexibility index (Phi) is 7.43. The van der Waals surface area contributed by atoms with Crippen molar-refractivity contribution in [2.45, 2.75) is 46.6 Å². The average molecular weight is 489 g/mol. The molecule has 1 aromatic heterocycles. The molecule has 0 atom stereocenters. The van der Waals surface area contributed by atoms with Gasteiger partial charge >= 0.3 is 0 Å². The molecule has 4 rings (SSSR count). The van der Waals surface area contributed by atoms with Gasteiger partial charge < -0.3 is 14.7 Å². The topological polar surface area (TPSA) is 78.7 Å². The highest BCUT2D eigenvalue weighted by Gasteiger charge is 2.20. The second-order valence-corrected chi connectivity index (χ2v) is 10.9. The molecule has 7 nitrogen and oxygen atoms in total. The summed E-state index contributed by atoms with van der Waals surface area (Å²) in [5.41, 5.74) is 5.88. The van der Waals surface area contributed by atoms with Crippen LogP contribution in [0.5, 0.6) is 0 Å². The third-order valence-electron chi connectivity index (χ3n) is 6.75. The predicted molar refractivity (Wildman–Crippen MR) is 143 cm³/mol. The van der Waals surface area contributed by atoms with Gasteiger partial charge in [-0.15, -0.1) is 0 Å². The Morgan fingerprint density at radius 3 is 2.39 bits per heavy atom. The van der Waals surface area contributed by atoms with Crippen LogP contribution in [0, 0.1) is 6.92 Å². The Morgan fingerprint density at radius 2 is 1.75 bits per heavy atom. The van der Waals surface area contributed by atoms with E-state index in [0.717, 1.165) is 55.0 Å². The third-order valence-corrected chi connectivity index (χ3v) is 6.75. The van der Waals surface area contributed by atoms with Gasteiger partial charge in [0.2, 0.25) is 5.76 Å². The van der Waals surface area contributed by atoms with Gasteiger partial charge in [0.15, 0.2) is 5.78 Å². The largest absolute Gasteiger partial charge is 0.353 e. The number of hydrogen-bond donors (Lipinski definition) is 1. The van der Waals surface area contributed by atoms with Crippen molar-refractivity contribution in [2.75, 3.05) is 38.5 Å². The first-order valence-corrected chi connectivity index (χ1v) is 12.4. The SMILES string of the molecule is CC(=O)c1cc(-c2cc(NC(=O)c3cc(CN4CCN(C)CC4)cc(C(C)(C)C)c3)ccc2C)no1. The predicted octanol–water partition coefficient (Wildman–Crippen LogP) is 5.15. The summed E-state index contributed by atoms with van der Waals surface area (Å²) in [7, 11) is 2.15. The van der Waals surface area contributed by atoms with Gasteiger partial charge in [-0.1, -0.05) is 38.1 Å². The second kappa shape index (κ2) is 10.4. The minimum absolute atomic E-state index is 0.0778. The maximum Gasteiger partial charge on any atom is 0.255 e. The summed E-state index contributed by atoms with van der Waals surface area (Å²) in [5, 5.41) is 7.10. The van der Waals surface area contributed by atoms with Crippen LogP contribution in [0.15, 0.2) is 47.0 Å². The van der Waals surface area contributed by atoms with Crippen molar-refractivity contribution < 1.29 is 14.1 Å². The molecule has 1 aliphatic heterocycles. The number of anilines is 1. The third kappa shape index (κ3) is 6.09. The number of aromatic nitrogens is 1. The van der Waals surface area contributed by atoms with Crippen molar-refractivity contribution in [3.63, 3.8) is 0 Å². The van der Waals surface area contributed by atoms with Crippen LogP contribution in [-0.4, -0.2) is 59.9 Å². The van der Waals surface area contributed by atoms with Crippen molar-refractivity contribution >= 4 is 17.4 Å². The fourth-order valence-corrected chi connectivity index (χ4v) is 4.36. The van der Waals surface area contributed by atoms with Gasteiger partial charge in [0.1, 0.15) is 5.69 Å². The average Bonchev–Trinajstić information content (AvgIpc) is 3.31. The zero-order chi connectivity index (χ0) is 26.0. The van der Waals surface area contributed by atoms with Gasteiger partial charge in [-0.05, 0) is 60.3 Å². The maximum absolute atomic E-state index is 13.4. The number of piperazine rings is 1. The van der Waals surface area contributed by atoms with Crippen LogP contribution in [0.2, 0.25) is 0 Å². The summed E-state index contributed by atoms with van der Waals surface area (Å²) in [5.74, 6) is -0.118. The molecule has 3 aromatic rings. The Hall–Kier alpha value is -3.29. The number of likely N-dealkylation sites (N-methyl/N-ethyl adjacent to an activating group) is 1. The highest BCUT2D eigenvalue weighted by Crippen LogP contribution is 2.28. The first kappa shape index (κ1) is 25.8. The molecule has 7 heteroatoms.